The fourth-order valence-corrected chi connectivity index (χ4v) is 4.99. The average Bonchev–Trinajstić information content (AvgIpc) is 3.52. The van der Waals surface area contributed by atoms with E-state index in [-0.39, 0.29) is 24.8 Å². The Morgan fingerprint density at radius 2 is 2.00 bits per heavy atom. The predicted molar refractivity (Wildman–Crippen MR) is 126 cm³/mol. The van der Waals surface area contributed by atoms with Crippen molar-refractivity contribution < 1.29 is 24.1 Å². The van der Waals surface area contributed by atoms with E-state index in [0.717, 1.165) is 16.1 Å². The summed E-state index contributed by atoms with van der Waals surface area (Å²) in [6.07, 6.45) is -0.670. The molecular weight excluding hydrogens is 456 g/mol. The quantitative estimate of drug-likeness (QED) is 0.494. The maximum atomic E-state index is 13.4. The van der Waals surface area contributed by atoms with Crippen molar-refractivity contribution in [3.8, 4) is 16.2 Å². The summed E-state index contributed by atoms with van der Waals surface area (Å²) in [5.74, 6) is -0.571. The number of nitrogens with zero attached hydrogens (tertiary/aromatic N) is 3. The van der Waals surface area contributed by atoms with Gasteiger partial charge in [0.15, 0.2) is 5.75 Å². The third-order valence-electron chi connectivity index (χ3n) is 5.88. The fraction of sp³-hybridized carbons (Fsp3) is 0.417. The van der Waals surface area contributed by atoms with Gasteiger partial charge in [-0.1, -0.05) is 19.0 Å². The molecule has 3 unspecified atom stereocenters. The molecule has 1 aliphatic heterocycles. The van der Waals surface area contributed by atoms with Crippen LogP contribution in [0.2, 0.25) is 0 Å². The molecule has 180 valence electrons. The Balaban J connectivity index is 1.43. The lowest BCUT2D eigenvalue weighted by Gasteiger charge is -2.28. The number of hydrogen-bond acceptors (Lipinski definition) is 8. The van der Waals surface area contributed by atoms with E-state index in [1.165, 1.54) is 4.90 Å². The number of aryl methyl sites for hydroxylation is 2. The van der Waals surface area contributed by atoms with E-state index in [4.69, 9.17) is 9.36 Å². The van der Waals surface area contributed by atoms with Crippen LogP contribution in [-0.2, 0) is 9.59 Å². The van der Waals surface area contributed by atoms with Crippen LogP contribution >= 0.6 is 11.3 Å². The number of aliphatic hydroxyl groups excluding tert-OH is 1. The Morgan fingerprint density at radius 3 is 2.59 bits per heavy atom. The first-order valence-electron chi connectivity index (χ1n) is 11.1. The van der Waals surface area contributed by atoms with E-state index in [1.54, 1.807) is 42.0 Å². The third-order valence-corrected chi connectivity index (χ3v) is 6.86. The van der Waals surface area contributed by atoms with Crippen molar-refractivity contribution in [1.29, 1.82) is 0 Å². The number of likely N-dealkylation sites (tertiary alicyclic amines) is 1. The zero-order chi connectivity index (χ0) is 24.4. The minimum atomic E-state index is -0.855. The van der Waals surface area contributed by atoms with Crippen LogP contribution in [0.15, 0.2) is 40.4 Å². The van der Waals surface area contributed by atoms with Gasteiger partial charge in [0.2, 0.25) is 5.91 Å². The summed E-state index contributed by atoms with van der Waals surface area (Å²) in [4.78, 5) is 38.6. The van der Waals surface area contributed by atoms with E-state index >= 15 is 0 Å². The second-order valence-corrected chi connectivity index (χ2v) is 9.70. The minimum Gasteiger partial charge on any atom is -0.391 e. The summed E-state index contributed by atoms with van der Waals surface area (Å²) < 4.78 is 5.35. The summed E-state index contributed by atoms with van der Waals surface area (Å²) in [5.41, 5.74) is 6.87. The van der Waals surface area contributed by atoms with Gasteiger partial charge in [0, 0.05) is 19.0 Å². The summed E-state index contributed by atoms with van der Waals surface area (Å²) >= 11 is 1.56. The first kappa shape index (κ1) is 23.9. The number of benzene rings is 1. The molecule has 10 heteroatoms. The zero-order valence-electron chi connectivity index (χ0n) is 19.5. The number of hydroxylamine groups is 1. The van der Waals surface area contributed by atoms with Crippen molar-refractivity contribution in [2.45, 2.75) is 52.2 Å². The van der Waals surface area contributed by atoms with Gasteiger partial charge in [0.25, 0.3) is 5.91 Å². The molecule has 9 nitrogen and oxygen atoms in total. The molecule has 34 heavy (non-hydrogen) atoms. The van der Waals surface area contributed by atoms with E-state index in [1.807, 2.05) is 32.9 Å². The van der Waals surface area contributed by atoms with Gasteiger partial charge in [-0.3, -0.25) is 9.59 Å². The number of β-amino-alcohol motifs (C(OH)–C–C–N with tert-alkyl or cyclic N) is 1. The van der Waals surface area contributed by atoms with Gasteiger partial charge >= 0.3 is 0 Å². The first-order valence-corrected chi connectivity index (χ1v) is 12.0. The molecule has 4 rings (SSSR count). The van der Waals surface area contributed by atoms with Crippen LogP contribution < -0.4 is 10.3 Å². The Bertz CT molecular complexity index is 1160. The smallest absolute Gasteiger partial charge is 0.275 e. The van der Waals surface area contributed by atoms with Gasteiger partial charge in [-0.2, -0.15) is 5.48 Å². The normalized spacial score (nSPS) is 18.8. The van der Waals surface area contributed by atoms with Gasteiger partial charge in [-0.25, -0.2) is 4.98 Å². The summed E-state index contributed by atoms with van der Waals surface area (Å²) in [5, 5.41) is 14.1. The molecule has 0 saturated carbocycles. The molecule has 2 amide bonds. The lowest BCUT2D eigenvalue weighted by atomic mass is 9.91. The van der Waals surface area contributed by atoms with E-state index in [9.17, 15) is 14.7 Å². The van der Waals surface area contributed by atoms with Crippen LogP contribution in [0, 0.1) is 19.8 Å². The first-order chi connectivity index (χ1) is 16.2. The molecule has 3 heterocycles. The highest BCUT2D eigenvalue weighted by molar-refractivity contribution is 7.13. The Hall–Kier alpha value is -3.24. The minimum absolute atomic E-state index is 0.0656. The summed E-state index contributed by atoms with van der Waals surface area (Å²) in [6, 6.07) is 8.16. The van der Waals surface area contributed by atoms with Gasteiger partial charge in [-0.15, -0.1) is 11.3 Å². The highest BCUT2D eigenvalue weighted by atomic mass is 32.1. The van der Waals surface area contributed by atoms with E-state index < -0.39 is 24.0 Å². The lowest BCUT2D eigenvalue weighted by molar-refractivity contribution is -0.143. The fourth-order valence-electron chi connectivity index (χ4n) is 4.18. The molecule has 3 aromatic rings. The molecule has 1 saturated heterocycles. The van der Waals surface area contributed by atoms with Crippen LogP contribution in [0.3, 0.4) is 0 Å². The molecule has 3 atom stereocenters. The highest BCUT2D eigenvalue weighted by Gasteiger charge is 2.43. The van der Waals surface area contributed by atoms with Crippen molar-refractivity contribution in [1.82, 2.24) is 20.5 Å². The largest absolute Gasteiger partial charge is 0.391 e. The standard InChI is InChI=1S/C24H28N4O5S/c1-13(2)21(20-9-14(3)26-33-20)24(31)28-11-17(29)10-19(28)23(30)27-32-18-7-5-16(6-8-18)22-15(4)25-12-34-22/h5-9,12-13,17,19,21,29H,10-11H2,1-4H3,(H,27,30). The summed E-state index contributed by atoms with van der Waals surface area (Å²) in [6.45, 7) is 7.61. The van der Waals surface area contributed by atoms with Gasteiger partial charge in [0.05, 0.1) is 27.9 Å². The number of hydrogen-bond donors (Lipinski definition) is 2. The number of amides is 2. The molecule has 1 aliphatic rings. The molecule has 0 bridgehead atoms. The molecule has 0 radical (unpaired) electrons. The van der Waals surface area contributed by atoms with Crippen molar-refractivity contribution in [3.05, 3.63) is 53.0 Å². The topological polar surface area (TPSA) is 118 Å². The SMILES string of the molecule is Cc1cc(C(C(=O)N2CC(O)CC2C(=O)NOc2ccc(-c3scnc3C)cc2)C(C)C)on1. The number of carbonyl (C=O) groups excluding carboxylic acids is 2. The van der Waals surface area contributed by atoms with Crippen LogP contribution in [0.1, 0.15) is 43.3 Å². The maximum Gasteiger partial charge on any atom is 0.275 e. The van der Waals surface area contributed by atoms with Crippen LogP contribution in [0.5, 0.6) is 5.75 Å². The number of aliphatic hydroxyl groups is 1. The molecule has 1 fully saturated rings. The van der Waals surface area contributed by atoms with Gasteiger partial charge in [0.1, 0.15) is 17.7 Å². The molecule has 2 aromatic heterocycles. The number of thiazole rings is 1. The second-order valence-electron chi connectivity index (χ2n) is 8.85. The zero-order valence-corrected chi connectivity index (χ0v) is 20.3. The van der Waals surface area contributed by atoms with Crippen molar-refractivity contribution in [2.75, 3.05) is 6.54 Å². The highest BCUT2D eigenvalue weighted by Crippen LogP contribution is 2.31. The Labute approximate surface area is 201 Å². The lowest BCUT2D eigenvalue weighted by Crippen LogP contribution is -2.48. The maximum absolute atomic E-state index is 13.4. The predicted octanol–water partition coefficient (Wildman–Crippen LogP) is 3.23. The third kappa shape index (κ3) is 4.97. The van der Waals surface area contributed by atoms with E-state index in [2.05, 4.69) is 15.6 Å². The van der Waals surface area contributed by atoms with Crippen LogP contribution in [0.25, 0.3) is 10.4 Å². The van der Waals surface area contributed by atoms with Crippen molar-refractivity contribution in [2.24, 2.45) is 5.92 Å². The average molecular weight is 485 g/mol. The van der Waals surface area contributed by atoms with Crippen LogP contribution in [-0.4, -0.2) is 50.7 Å². The molecular formula is C24H28N4O5S. The second kappa shape index (κ2) is 9.94. The molecule has 2 N–H and O–H groups in total. The number of aromatic nitrogens is 2. The Kier molecular flexibility index (Phi) is 6.99. The molecule has 1 aromatic carbocycles. The number of nitrogens with one attached hydrogen (secondary N) is 1. The molecule has 0 spiro atoms. The van der Waals surface area contributed by atoms with E-state index in [0.29, 0.717) is 17.2 Å². The number of carbonyl (C=O) groups is 2. The Morgan fingerprint density at radius 1 is 1.26 bits per heavy atom. The number of rotatable bonds is 7. The molecule has 0 aliphatic carbocycles. The summed E-state index contributed by atoms with van der Waals surface area (Å²) in [7, 11) is 0. The van der Waals surface area contributed by atoms with Crippen LogP contribution in [0.4, 0.5) is 0 Å². The van der Waals surface area contributed by atoms with Gasteiger partial charge < -0.3 is 19.4 Å². The van der Waals surface area contributed by atoms with Gasteiger partial charge in [-0.05, 0) is 49.6 Å². The monoisotopic (exact) mass is 484 g/mol. The van der Waals surface area contributed by atoms with Crippen molar-refractivity contribution in [3.63, 3.8) is 0 Å². The van der Waals surface area contributed by atoms with Crippen molar-refractivity contribution >= 4 is 23.2 Å².